The van der Waals surface area contributed by atoms with Gasteiger partial charge in [0.25, 0.3) is 5.91 Å². The zero-order valence-corrected chi connectivity index (χ0v) is 16.6. The highest BCUT2D eigenvalue weighted by Crippen LogP contribution is 2.34. The summed E-state index contributed by atoms with van der Waals surface area (Å²) in [4.78, 5) is 42.8. The third-order valence-corrected chi connectivity index (χ3v) is 4.85. The van der Waals surface area contributed by atoms with Crippen LogP contribution in [0.4, 0.5) is 4.79 Å². The Balaban J connectivity index is 2.07. The van der Waals surface area contributed by atoms with Crippen molar-refractivity contribution in [3.05, 3.63) is 33.4 Å². The van der Waals surface area contributed by atoms with Crippen LogP contribution in [0.1, 0.15) is 36.8 Å². The SMILES string of the molecule is CCOC(=O)c1[nH]c2cc(Cl)cc(Cl)c2c1CN1CC(=O)N(C(C)C)C1=O. The second-order valence-corrected chi connectivity index (χ2v) is 7.35. The summed E-state index contributed by atoms with van der Waals surface area (Å²) in [7, 11) is 0. The van der Waals surface area contributed by atoms with E-state index in [1.54, 1.807) is 32.9 Å². The number of carbonyl (C=O) groups is 3. The Hall–Kier alpha value is -2.25. The van der Waals surface area contributed by atoms with Crippen LogP contribution in [0.15, 0.2) is 12.1 Å². The standard InChI is InChI=1S/C18H19Cl2N3O4/c1-4-27-17(25)16-11(15-12(20)5-10(19)6-13(15)21-16)7-22-8-14(24)23(9(2)3)18(22)26/h5-6,9,21H,4,7-8H2,1-3H3. The van der Waals surface area contributed by atoms with Crippen LogP contribution in [-0.4, -0.2) is 51.9 Å². The second kappa shape index (κ2) is 7.40. The molecule has 1 saturated heterocycles. The highest BCUT2D eigenvalue weighted by atomic mass is 35.5. The zero-order chi connectivity index (χ0) is 19.9. The number of aromatic nitrogens is 1. The van der Waals surface area contributed by atoms with E-state index in [0.29, 0.717) is 26.5 Å². The Morgan fingerprint density at radius 2 is 2.00 bits per heavy atom. The number of hydrogen-bond donors (Lipinski definition) is 1. The number of imide groups is 1. The minimum atomic E-state index is -0.561. The van der Waals surface area contributed by atoms with Gasteiger partial charge in [0, 0.05) is 27.5 Å². The Morgan fingerprint density at radius 1 is 1.30 bits per heavy atom. The number of benzene rings is 1. The topological polar surface area (TPSA) is 82.7 Å². The molecule has 1 N–H and O–H groups in total. The van der Waals surface area contributed by atoms with Crippen molar-refractivity contribution in [3.63, 3.8) is 0 Å². The minimum Gasteiger partial charge on any atom is -0.461 e. The summed E-state index contributed by atoms with van der Waals surface area (Å²) in [5.74, 6) is -0.837. The maximum Gasteiger partial charge on any atom is 0.355 e. The van der Waals surface area contributed by atoms with Gasteiger partial charge in [-0.1, -0.05) is 23.2 Å². The molecule has 27 heavy (non-hydrogen) atoms. The van der Waals surface area contributed by atoms with Crippen molar-refractivity contribution >= 4 is 52.0 Å². The molecule has 1 fully saturated rings. The van der Waals surface area contributed by atoms with Crippen molar-refractivity contribution in [2.45, 2.75) is 33.4 Å². The summed E-state index contributed by atoms with van der Waals surface area (Å²) in [5.41, 5.74) is 1.25. The average molecular weight is 412 g/mol. The number of halogens is 2. The van der Waals surface area contributed by atoms with Gasteiger partial charge >= 0.3 is 12.0 Å². The number of H-pyrrole nitrogens is 1. The molecule has 7 nitrogen and oxygen atoms in total. The van der Waals surface area contributed by atoms with Crippen LogP contribution in [0.5, 0.6) is 0 Å². The molecule has 0 unspecified atom stereocenters. The van der Waals surface area contributed by atoms with E-state index >= 15 is 0 Å². The van der Waals surface area contributed by atoms with Gasteiger partial charge in [0.1, 0.15) is 12.2 Å². The number of rotatable bonds is 5. The fourth-order valence-corrected chi connectivity index (χ4v) is 3.85. The molecule has 2 heterocycles. The summed E-state index contributed by atoms with van der Waals surface area (Å²) in [5, 5.41) is 1.33. The summed E-state index contributed by atoms with van der Waals surface area (Å²) >= 11 is 12.4. The van der Waals surface area contributed by atoms with E-state index in [4.69, 9.17) is 27.9 Å². The second-order valence-electron chi connectivity index (χ2n) is 6.51. The van der Waals surface area contributed by atoms with Gasteiger partial charge in [-0.05, 0) is 32.9 Å². The van der Waals surface area contributed by atoms with Gasteiger partial charge in [0.05, 0.1) is 18.2 Å². The number of ether oxygens (including phenoxy) is 1. The van der Waals surface area contributed by atoms with E-state index in [0.717, 1.165) is 0 Å². The molecule has 1 aliphatic rings. The van der Waals surface area contributed by atoms with E-state index in [2.05, 4.69) is 4.98 Å². The first-order chi connectivity index (χ1) is 12.7. The molecule has 2 aromatic rings. The van der Waals surface area contributed by atoms with Crippen LogP contribution in [-0.2, 0) is 16.1 Å². The summed E-state index contributed by atoms with van der Waals surface area (Å²) in [6.45, 7) is 5.43. The lowest BCUT2D eigenvalue weighted by atomic mass is 10.1. The number of esters is 1. The van der Waals surface area contributed by atoms with E-state index in [1.807, 2.05) is 0 Å². The number of hydrogen-bond acceptors (Lipinski definition) is 4. The lowest BCUT2D eigenvalue weighted by Crippen LogP contribution is -2.38. The third-order valence-electron chi connectivity index (χ3n) is 4.33. The average Bonchev–Trinajstić information content (AvgIpc) is 3.05. The lowest BCUT2D eigenvalue weighted by molar-refractivity contribution is -0.126. The van der Waals surface area contributed by atoms with E-state index in [9.17, 15) is 14.4 Å². The van der Waals surface area contributed by atoms with Gasteiger partial charge in [-0.2, -0.15) is 0 Å². The molecule has 0 atom stereocenters. The predicted molar refractivity (Wildman–Crippen MR) is 102 cm³/mol. The first kappa shape index (κ1) is 19.5. The molecule has 144 valence electrons. The van der Waals surface area contributed by atoms with Crippen molar-refractivity contribution in [1.29, 1.82) is 0 Å². The van der Waals surface area contributed by atoms with Crippen LogP contribution < -0.4 is 0 Å². The highest BCUT2D eigenvalue weighted by Gasteiger charge is 2.38. The van der Waals surface area contributed by atoms with E-state index in [-0.39, 0.29) is 37.3 Å². The molecule has 1 aromatic carbocycles. The van der Waals surface area contributed by atoms with Crippen molar-refractivity contribution in [3.8, 4) is 0 Å². The Kier molecular flexibility index (Phi) is 5.35. The van der Waals surface area contributed by atoms with Crippen molar-refractivity contribution in [1.82, 2.24) is 14.8 Å². The molecule has 3 amide bonds. The number of carbonyl (C=O) groups excluding carboxylic acids is 3. The minimum absolute atomic E-state index is 0.0449. The molecule has 0 bridgehead atoms. The van der Waals surface area contributed by atoms with Crippen LogP contribution in [0.2, 0.25) is 10.0 Å². The fraction of sp³-hybridized carbons (Fsp3) is 0.389. The maximum absolute atomic E-state index is 12.6. The largest absolute Gasteiger partial charge is 0.461 e. The van der Waals surface area contributed by atoms with Gasteiger partial charge < -0.3 is 14.6 Å². The number of aromatic amines is 1. The summed E-state index contributed by atoms with van der Waals surface area (Å²) < 4.78 is 5.11. The molecule has 9 heteroatoms. The first-order valence-electron chi connectivity index (χ1n) is 8.52. The lowest BCUT2D eigenvalue weighted by Gasteiger charge is -2.20. The van der Waals surface area contributed by atoms with E-state index in [1.165, 1.54) is 9.80 Å². The van der Waals surface area contributed by atoms with Crippen LogP contribution in [0.3, 0.4) is 0 Å². The fourth-order valence-electron chi connectivity index (χ4n) is 3.24. The monoisotopic (exact) mass is 411 g/mol. The molecule has 0 radical (unpaired) electrons. The van der Waals surface area contributed by atoms with Crippen molar-refractivity contribution in [2.24, 2.45) is 0 Å². The molecule has 1 aliphatic heterocycles. The quantitative estimate of drug-likeness (QED) is 0.598. The van der Waals surface area contributed by atoms with Gasteiger partial charge in [-0.3, -0.25) is 9.69 Å². The highest BCUT2D eigenvalue weighted by molar-refractivity contribution is 6.39. The van der Waals surface area contributed by atoms with Crippen LogP contribution in [0, 0.1) is 0 Å². The van der Waals surface area contributed by atoms with Gasteiger partial charge in [-0.15, -0.1) is 0 Å². The molecule has 1 aromatic heterocycles. The zero-order valence-electron chi connectivity index (χ0n) is 15.1. The van der Waals surface area contributed by atoms with Crippen LogP contribution >= 0.6 is 23.2 Å². The number of fused-ring (bicyclic) bond motifs is 1. The van der Waals surface area contributed by atoms with E-state index < -0.39 is 12.0 Å². The first-order valence-corrected chi connectivity index (χ1v) is 9.27. The third kappa shape index (κ3) is 3.49. The number of nitrogens with one attached hydrogen (secondary N) is 1. The number of nitrogens with zero attached hydrogens (tertiary/aromatic N) is 2. The van der Waals surface area contributed by atoms with Gasteiger partial charge in [-0.25, -0.2) is 9.59 Å². The maximum atomic E-state index is 12.6. The van der Waals surface area contributed by atoms with Crippen molar-refractivity contribution in [2.75, 3.05) is 13.2 Å². The Bertz CT molecular complexity index is 938. The molecule has 3 rings (SSSR count). The Morgan fingerprint density at radius 3 is 2.59 bits per heavy atom. The van der Waals surface area contributed by atoms with Gasteiger partial charge in [0.15, 0.2) is 0 Å². The smallest absolute Gasteiger partial charge is 0.355 e. The molecular formula is C18H19Cl2N3O4. The molecule has 0 spiro atoms. The summed E-state index contributed by atoms with van der Waals surface area (Å²) in [6, 6.07) is 2.57. The number of amides is 3. The van der Waals surface area contributed by atoms with Crippen molar-refractivity contribution < 1.29 is 19.1 Å². The van der Waals surface area contributed by atoms with Gasteiger partial charge in [0.2, 0.25) is 0 Å². The normalized spacial score (nSPS) is 14.7. The molecule has 0 aliphatic carbocycles. The summed E-state index contributed by atoms with van der Waals surface area (Å²) in [6.07, 6.45) is 0. The molecule has 0 saturated carbocycles. The number of urea groups is 1. The molecular weight excluding hydrogens is 393 g/mol. The van der Waals surface area contributed by atoms with Crippen LogP contribution in [0.25, 0.3) is 10.9 Å². The Labute approximate surface area is 166 Å². The predicted octanol–water partition coefficient (Wildman–Crippen LogP) is 3.82.